The third-order valence-electron chi connectivity index (χ3n) is 4.44. The lowest BCUT2D eigenvalue weighted by Gasteiger charge is -2.39. The summed E-state index contributed by atoms with van der Waals surface area (Å²) in [6.45, 7) is 1.47. The number of aldehydes is 2. The van der Waals surface area contributed by atoms with E-state index in [0.717, 1.165) is 38.6 Å². The lowest BCUT2D eigenvalue weighted by Crippen LogP contribution is -2.51. The lowest BCUT2D eigenvalue weighted by molar-refractivity contribution is -0.108. The summed E-state index contributed by atoms with van der Waals surface area (Å²) in [5.74, 6) is 0. The zero-order valence-electron chi connectivity index (χ0n) is 12.7. The molecule has 0 amide bonds. The van der Waals surface area contributed by atoms with Crippen molar-refractivity contribution in [3.05, 3.63) is 0 Å². The predicted octanol–water partition coefficient (Wildman–Crippen LogP) is 1.22. The fourth-order valence-electron chi connectivity index (χ4n) is 3.21. The maximum atomic E-state index is 11.1. The van der Waals surface area contributed by atoms with Gasteiger partial charge in [0.2, 0.25) is 0 Å². The first kappa shape index (κ1) is 16.8. The van der Waals surface area contributed by atoms with Crippen LogP contribution in [0.4, 0.5) is 0 Å². The molecule has 0 N–H and O–H groups in total. The summed E-state index contributed by atoms with van der Waals surface area (Å²) < 4.78 is 22.3. The Bertz CT molecular complexity index is 321. The number of ether oxygens (including phenoxy) is 2. The minimum atomic E-state index is -2.71. The average molecular weight is 316 g/mol. The van der Waals surface area contributed by atoms with E-state index < -0.39 is 8.56 Å². The van der Waals surface area contributed by atoms with Crippen LogP contribution in [0, 0.1) is 0 Å². The van der Waals surface area contributed by atoms with Crippen LogP contribution in [0.5, 0.6) is 0 Å². The maximum Gasteiger partial charge on any atom is 0.345 e. The molecule has 2 fully saturated rings. The van der Waals surface area contributed by atoms with Gasteiger partial charge in [0.05, 0.1) is 25.4 Å². The van der Waals surface area contributed by atoms with Crippen molar-refractivity contribution in [3.63, 3.8) is 0 Å². The SMILES string of the molecule is CO[Si](OC)(C(CC=O)CC1CO1)C(CC=O)CC1CO1. The van der Waals surface area contributed by atoms with E-state index in [2.05, 4.69) is 0 Å². The first-order valence-electron chi connectivity index (χ1n) is 7.40. The summed E-state index contributed by atoms with van der Waals surface area (Å²) >= 11 is 0. The number of hydrogen-bond donors (Lipinski definition) is 0. The monoisotopic (exact) mass is 316 g/mol. The molecule has 0 spiro atoms. The molecule has 7 heteroatoms. The quantitative estimate of drug-likeness (QED) is 0.306. The van der Waals surface area contributed by atoms with E-state index in [1.54, 1.807) is 14.2 Å². The number of carbonyl (C=O) groups excluding carboxylic acids is 2. The van der Waals surface area contributed by atoms with Gasteiger partial charge in [-0.2, -0.15) is 0 Å². The van der Waals surface area contributed by atoms with Gasteiger partial charge in [-0.3, -0.25) is 0 Å². The molecule has 0 bridgehead atoms. The summed E-state index contributed by atoms with van der Waals surface area (Å²) in [7, 11) is 0.551. The van der Waals surface area contributed by atoms with Gasteiger partial charge in [0, 0.05) is 38.1 Å². The zero-order chi connectivity index (χ0) is 15.3. The Labute approximate surface area is 126 Å². The van der Waals surface area contributed by atoms with Gasteiger partial charge < -0.3 is 27.9 Å². The summed E-state index contributed by atoms with van der Waals surface area (Å²) in [6, 6.07) is 0. The van der Waals surface area contributed by atoms with Gasteiger partial charge in [-0.1, -0.05) is 0 Å². The van der Waals surface area contributed by atoms with Crippen LogP contribution in [0.25, 0.3) is 0 Å². The van der Waals surface area contributed by atoms with Crippen molar-refractivity contribution in [1.82, 2.24) is 0 Å². The molecule has 2 saturated heterocycles. The number of rotatable bonds is 12. The van der Waals surface area contributed by atoms with Gasteiger partial charge in [0.25, 0.3) is 0 Å². The van der Waals surface area contributed by atoms with E-state index in [9.17, 15) is 9.59 Å². The number of hydrogen-bond acceptors (Lipinski definition) is 6. The van der Waals surface area contributed by atoms with Gasteiger partial charge in [0.1, 0.15) is 12.6 Å². The summed E-state index contributed by atoms with van der Waals surface area (Å²) in [4.78, 5) is 22.2. The molecule has 2 aliphatic heterocycles. The van der Waals surface area contributed by atoms with E-state index in [0.29, 0.717) is 12.8 Å². The van der Waals surface area contributed by atoms with Gasteiger partial charge in [-0.15, -0.1) is 0 Å². The Balaban J connectivity index is 2.18. The standard InChI is InChI=1S/C14H24O6Si/c1-17-21(18-2,13(3-5-15)7-11-9-19-11)14(4-6-16)8-12-10-20-12/h5-6,11-14H,3-4,7-10H2,1-2H3. The topological polar surface area (TPSA) is 77.7 Å². The second-order valence-electron chi connectivity index (χ2n) is 5.71. The van der Waals surface area contributed by atoms with Crippen molar-refractivity contribution < 1.29 is 27.9 Å². The van der Waals surface area contributed by atoms with Gasteiger partial charge in [-0.25, -0.2) is 0 Å². The second-order valence-corrected chi connectivity index (χ2v) is 9.60. The van der Waals surface area contributed by atoms with E-state index in [1.165, 1.54) is 0 Å². The zero-order valence-corrected chi connectivity index (χ0v) is 13.7. The third kappa shape index (κ3) is 4.20. The lowest BCUT2D eigenvalue weighted by atomic mass is 10.2. The van der Waals surface area contributed by atoms with Crippen molar-refractivity contribution in [2.75, 3.05) is 27.4 Å². The summed E-state index contributed by atoms with van der Waals surface area (Å²) in [5.41, 5.74) is 0.00222. The van der Waals surface area contributed by atoms with E-state index in [4.69, 9.17) is 18.3 Å². The molecule has 2 rings (SSSR count). The second kappa shape index (κ2) is 7.60. The molecule has 0 radical (unpaired) electrons. The van der Waals surface area contributed by atoms with Gasteiger partial charge >= 0.3 is 8.56 Å². The minimum Gasteiger partial charge on any atom is -0.397 e. The Kier molecular flexibility index (Phi) is 6.06. The molecule has 0 saturated carbocycles. The van der Waals surface area contributed by atoms with Crippen molar-refractivity contribution in [1.29, 1.82) is 0 Å². The molecule has 0 aliphatic carbocycles. The van der Waals surface area contributed by atoms with Crippen LogP contribution in [0.3, 0.4) is 0 Å². The Morgan fingerprint density at radius 2 is 1.38 bits per heavy atom. The highest BCUT2D eigenvalue weighted by molar-refractivity contribution is 6.70. The van der Waals surface area contributed by atoms with Crippen LogP contribution in [0.15, 0.2) is 0 Å². The number of epoxide rings is 2. The first-order valence-corrected chi connectivity index (χ1v) is 9.38. The van der Waals surface area contributed by atoms with Crippen LogP contribution < -0.4 is 0 Å². The molecule has 4 atom stereocenters. The van der Waals surface area contributed by atoms with Gasteiger partial charge in [-0.05, 0) is 12.8 Å². The normalized spacial score (nSPS) is 27.0. The van der Waals surface area contributed by atoms with Crippen molar-refractivity contribution in [2.45, 2.75) is 49.0 Å². The highest BCUT2D eigenvalue weighted by atomic mass is 28.4. The van der Waals surface area contributed by atoms with Gasteiger partial charge in [0.15, 0.2) is 0 Å². The predicted molar refractivity (Wildman–Crippen MR) is 77.3 cm³/mol. The highest BCUT2D eigenvalue weighted by Crippen LogP contribution is 2.45. The Hall–Kier alpha value is -0.603. The third-order valence-corrected chi connectivity index (χ3v) is 8.93. The largest absolute Gasteiger partial charge is 0.397 e. The molecule has 120 valence electrons. The average Bonchev–Trinajstić information content (AvgIpc) is 3.36. The Morgan fingerprint density at radius 3 is 1.62 bits per heavy atom. The molecule has 0 aromatic heterocycles. The molecular formula is C14H24O6Si. The summed E-state index contributed by atoms with van der Waals surface area (Å²) in [6.07, 6.45) is 4.50. The van der Waals surface area contributed by atoms with E-state index in [1.807, 2.05) is 0 Å². The van der Waals surface area contributed by atoms with E-state index in [-0.39, 0.29) is 23.3 Å². The first-order chi connectivity index (χ1) is 10.2. The molecule has 4 unspecified atom stereocenters. The number of carbonyl (C=O) groups is 2. The molecule has 21 heavy (non-hydrogen) atoms. The smallest absolute Gasteiger partial charge is 0.345 e. The molecule has 0 aromatic carbocycles. The van der Waals surface area contributed by atoms with Crippen LogP contribution in [-0.2, 0) is 27.9 Å². The summed E-state index contributed by atoms with van der Waals surface area (Å²) in [5, 5.41) is 0. The van der Waals surface area contributed by atoms with Crippen LogP contribution in [0.1, 0.15) is 25.7 Å². The maximum absolute atomic E-state index is 11.1. The van der Waals surface area contributed by atoms with Crippen molar-refractivity contribution in [3.8, 4) is 0 Å². The molecule has 0 aromatic rings. The van der Waals surface area contributed by atoms with Crippen LogP contribution >= 0.6 is 0 Å². The minimum absolute atomic E-state index is 0.00111. The van der Waals surface area contributed by atoms with Crippen LogP contribution in [-0.4, -0.2) is 60.8 Å². The van der Waals surface area contributed by atoms with E-state index >= 15 is 0 Å². The highest BCUT2D eigenvalue weighted by Gasteiger charge is 2.53. The molecule has 6 nitrogen and oxygen atoms in total. The Morgan fingerprint density at radius 1 is 1.00 bits per heavy atom. The fraction of sp³-hybridized carbons (Fsp3) is 0.857. The molecule has 2 aliphatic rings. The fourth-order valence-corrected chi connectivity index (χ4v) is 7.41. The van der Waals surface area contributed by atoms with Crippen molar-refractivity contribution in [2.24, 2.45) is 0 Å². The van der Waals surface area contributed by atoms with Crippen LogP contribution in [0.2, 0.25) is 11.1 Å². The molecule has 2 heterocycles. The van der Waals surface area contributed by atoms with Crippen molar-refractivity contribution >= 4 is 21.1 Å². The molecular weight excluding hydrogens is 292 g/mol.